The minimum atomic E-state index is 0.615. The van der Waals surface area contributed by atoms with Gasteiger partial charge in [-0.2, -0.15) is 5.10 Å². The van der Waals surface area contributed by atoms with E-state index >= 15 is 0 Å². The monoisotopic (exact) mass is 331 g/mol. The van der Waals surface area contributed by atoms with Crippen LogP contribution in [0.25, 0.3) is 10.6 Å². The van der Waals surface area contributed by atoms with Crippen LogP contribution >= 0.6 is 22.7 Å². The van der Waals surface area contributed by atoms with Crippen molar-refractivity contribution >= 4 is 28.9 Å². The molecule has 22 heavy (non-hydrogen) atoms. The van der Waals surface area contributed by atoms with Crippen molar-refractivity contribution in [3.63, 3.8) is 0 Å². The molecule has 2 aromatic rings. The van der Waals surface area contributed by atoms with Crippen molar-refractivity contribution in [2.75, 3.05) is 6.54 Å². The molecule has 0 aliphatic heterocycles. The number of nitrogens with zero attached hydrogens (tertiary/aromatic N) is 3. The van der Waals surface area contributed by atoms with E-state index in [0.717, 1.165) is 10.5 Å². The Balaban J connectivity index is 1.93. The maximum atomic E-state index is 4.78. The third-order valence-corrected chi connectivity index (χ3v) is 5.60. The lowest BCUT2D eigenvalue weighted by Gasteiger charge is -2.16. The molecule has 1 saturated carbocycles. The van der Waals surface area contributed by atoms with Gasteiger partial charge < -0.3 is 0 Å². The summed E-state index contributed by atoms with van der Waals surface area (Å²) in [4.78, 5) is 6.75. The lowest BCUT2D eigenvalue weighted by atomic mass is 9.90. The highest BCUT2D eigenvalue weighted by atomic mass is 32.1. The minimum absolute atomic E-state index is 0.615. The topological polar surface area (TPSA) is 29.6 Å². The van der Waals surface area contributed by atoms with Crippen LogP contribution < -0.4 is 4.80 Å². The van der Waals surface area contributed by atoms with Crippen molar-refractivity contribution < 1.29 is 0 Å². The SMILES string of the molecule is C=CCN=c1scc(-c2cccs2)n1N=CC1CCCCC1. The van der Waals surface area contributed by atoms with E-state index < -0.39 is 0 Å². The highest BCUT2D eigenvalue weighted by molar-refractivity contribution is 7.14. The van der Waals surface area contributed by atoms with Crippen molar-refractivity contribution in [1.82, 2.24) is 4.68 Å². The summed E-state index contributed by atoms with van der Waals surface area (Å²) in [7, 11) is 0. The normalized spacial score (nSPS) is 17.4. The van der Waals surface area contributed by atoms with Gasteiger partial charge in [-0.3, -0.25) is 4.99 Å². The van der Waals surface area contributed by atoms with Crippen LogP contribution in [-0.4, -0.2) is 17.4 Å². The smallest absolute Gasteiger partial charge is 0.206 e. The summed E-state index contributed by atoms with van der Waals surface area (Å²) in [5.41, 5.74) is 1.13. The third kappa shape index (κ3) is 3.65. The standard InChI is InChI=1S/C17H21N3S2/c1-2-10-18-17-20(19-12-14-7-4-3-5-8-14)15(13-22-17)16-9-6-11-21-16/h2,6,9,11-14H,1,3-5,7-8,10H2. The van der Waals surface area contributed by atoms with E-state index in [1.54, 1.807) is 22.7 Å². The molecule has 0 N–H and O–H groups in total. The molecule has 1 aliphatic rings. The first kappa shape index (κ1) is 15.4. The maximum Gasteiger partial charge on any atom is 0.206 e. The van der Waals surface area contributed by atoms with Gasteiger partial charge in [-0.25, -0.2) is 4.68 Å². The van der Waals surface area contributed by atoms with Crippen LogP contribution in [0.5, 0.6) is 0 Å². The van der Waals surface area contributed by atoms with Crippen molar-refractivity contribution in [3.05, 3.63) is 40.3 Å². The highest BCUT2D eigenvalue weighted by Gasteiger charge is 2.12. The maximum absolute atomic E-state index is 4.78. The summed E-state index contributed by atoms with van der Waals surface area (Å²) < 4.78 is 1.99. The fourth-order valence-corrected chi connectivity index (χ4v) is 4.34. The van der Waals surface area contributed by atoms with E-state index in [2.05, 4.69) is 40.7 Å². The molecule has 5 heteroatoms. The first-order chi connectivity index (χ1) is 10.9. The van der Waals surface area contributed by atoms with E-state index in [-0.39, 0.29) is 0 Å². The average molecular weight is 332 g/mol. The Labute approximate surface area is 139 Å². The average Bonchev–Trinajstić information content (AvgIpc) is 3.21. The van der Waals surface area contributed by atoms with Gasteiger partial charge in [0.05, 0.1) is 17.1 Å². The number of thiophene rings is 1. The fourth-order valence-electron chi connectivity index (χ4n) is 2.70. The zero-order valence-electron chi connectivity index (χ0n) is 12.6. The van der Waals surface area contributed by atoms with E-state index in [1.807, 2.05) is 10.8 Å². The molecule has 0 bridgehead atoms. The van der Waals surface area contributed by atoms with E-state index in [1.165, 1.54) is 37.0 Å². The van der Waals surface area contributed by atoms with Gasteiger partial charge in [0.25, 0.3) is 0 Å². The number of rotatable bonds is 5. The van der Waals surface area contributed by atoms with Crippen LogP contribution in [0.2, 0.25) is 0 Å². The molecule has 0 spiro atoms. The van der Waals surface area contributed by atoms with Crippen molar-refractivity contribution in [1.29, 1.82) is 0 Å². The molecule has 0 saturated heterocycles. The van der Waals surface area contributed by atoms with Gasteiger partial charge in [-0.05, 0) is 30.2 Å². The van der Waals surface area contributed by atoms with Crippen LogP contribution in [0.1, 0.15) is 32.1 Å². The van der Waals surface area contributed by atoms with Gasteiger partial charge in [-0.15, -0.1) is 29.3 Å². The summed E-state index contributed by atoms with van der Waals surface area (Å²) in [5.74, 6) is 0.615. The summed E-state index contributed by atoms with van der Waals surface area (Å²) in [6.07, 6.45) is 10.5. The highest BCUT2D eigenvalue weighted by Crippen LogP contribution is 2.26. The second kappa shape index (κ2) is 7.70. The van der Waals surface area contributed by atoms with Gasteiger partial charge in [0.1, 0.15) is 0 Å². The fraction of sp³-hybridized carbons (Fsp3) is 0.412. The molecule has 2 aromatic heterocycles. The Hall–Kier alpha value is -1.46. The van der Waals surface area contributed by atoms with E-state index in [0.29, 0.717) is 12.5 Å². The van der Waals surface area contributed by atoms with Crippen molar-refractivity contribution in [2.24, 2.45) is 16.0 Å². The lowest BCUT2D eigenvalue weighted by molar-refractivity contribution is 0.443. The minimum Gasteiger partial charge on any atom is -0.253 e. The second-order valence-corrected chi connectivity index (χ2v) is 7.27. The number of hydrogen-bond acceptors (Lipinski definition) is 4. The molecule has 0 aromatic carbocycles. The van der Waals surface area contributed by atoms with Gasteiger partial charge >= 0.3 is 0 Å². The van der Waals surface area contributed by atoms with Crippen LogP contribution in [0.3, 0.4) is 0 Å². The molecular weight excluding hydrogens is 310 g/mol. The Kier molecular flexibility index (Phi) is 5.40. The Morgan fingerprint density at radius 2 is 2.14 bits per heavy atom. The van der Waals surface area contributed by atoms with Crippen LogP contribution in [0.15, 0.2) is 45.6 Å². The summed E-state index contributed by atoms with van der Waals surface area (Å²) in [5, 5.41) is 9.02. The third-order valence-electron chi connectivity index (χ3n) is 3.86. The van der Waals surface area contributed by atoms with Gasteiger partial charge in [0, 0.05) is 11.6 Å². The summed E-state index contributed by atoms with van der Waals surface area (Å²) >= 11 is 3.38. The summed E-state index contributed by atoms with van der Waals surface area (Å²) in [6.45, 7) is 4.38. The number of aromatic nitrogens is 1. The van der Waals surface area contributed by atoms with Gasteiger partial charge in [-0.1, -0.05) is 31.4 Å². The molecule has 0 amide bonds. The first-order valence-electron chi connectivity index (χ1n) is 7.79. The molecule has 0 atom stereocenters. The molecule has 3 nitrogen and oxygen atoms in total. The molecule has 2 heterocycles. The molecule has 0 radical (unpaired) electrons. The Morgan fingerprint density at radius 1 is 1.27 bits per heavy atom. The van der Waals surface area contributed by atoms with Crippen molar-refractivity contribution in [2.45, 2.75) is 32.1 Å². The Bertz CT molecular complexity index is 686. The second-order valence-electron chi connectivity index (χ2n) is 5.48. The number of hydrogen-bond donors (Lipinski definition) is 0. The van der Waals surface area contributed by atoms with Gasteiger partial charge in [0.15, 0.2) is 0 Å². The Morgan fingerprint density at radius 3 is 2.86 bits per heavy atom. The molecular formula is C17H21N3S2. The molecule has 116 valence electrons. The summed E-state index contributed by atoms with van der Waals surface area (Å²) in [6, 6.07) is 4.21. The molecule has 1 aliphatic carbocycles. The quantitative estimate of drug-likeness (QED) is 0.557. The zero-order valence-corrected chi connectivity index (χ0v) is 14.3. The predicted octanol–water partition coefficient (Wildman–Crippen LogP) is 4.78. The van der Waals surface area contributed by atoms with Crippen molar-refractivity contribution in [3.8, 4) is 10.6 Å². The molecule has 3 rings (SSSR count). The number of thiazole rings is 1. The van der Waals surface area contributed by atoms with Crippen LogP contribution in [-0.2, 0) is 0 Å². The van der Waals surface area contributed by atoms with Crippen LogP contribution in [0, 0.1) is 5.92 Å². The lowest BCUT2D eigenvalue weighted by Crippen LogP contribution is -2.14. The zero-order chi connectivity index (χ0) is 15.2. The molecule has 1 fully saturated rings. The molecule has 0 unspecified atom stereocenters. The van der Waals surface area contributed by atoms with Gasteiger partial charge in [0.2, 0.25) is 4.80 Å². The van der Waals surface area contributed by atoms with Crippen LogP contribution in [0.4, 0.5) is 0 Å². The van der Waals surface area contributed by atoms with E-state index in [9.17, 15) is 0 Å². The first-order valence-corrected chi connectivity index (χ1v) is 9.54. The van der Waals surface area contributed by atoms with E-state index in [4.69, 9.17) is 5.10 Å². The predicted molar refractivity (Wildman–Crippen MR) is 96.7 cm³/mol. The largest absolute Gasteiger partial charge is 0.253 e.